The van der Waals surface area contributed by atoms with Crippen molar-refractivity contribution in [2.45, 2.75) is 75.8 Å². The molecule has 10 nitrogen and oxygen atoms in total. The van der Waals surface area contributed by atoms with E-state index >= 15 is 0 Å². The molecular formula is C35H35ClFN7O3. The quantitative estimate of drug-likeness (QED) is 0.197. The highest BCUT2D eigenvalue weighted by molar-refractivity contribution is 6.30. The molecule has 3 fully saturated rings. The van der Waals surface area contributed by atoms with Crippen LogP contribution in [0, 0.1) is 5.82 Å². The molecule has 3 aromatic heterocycles. The lowest BCUT2D eigenvalue weighted by Crippen LogP contribution is -2.35. The lowest BCUT2D eigenvalue weighted by Gasteiger charge is -2.33. The Balaban J connectivity index is 0.926. The zero-order valence-electron chi connectivity index (χ0n) is 26.1. The summed E-state index contributed by atoms with van der Waals surface area (Å²) in [6.07, 6.45) is 7.33. The lowest BCUT2D eigenvalue weighted by atomic mass is 9.88. The molecule has 0 spiro atoms. The first-order valence-corrected chi connectivity index (χ1v) is 16.9. The topological polar surface area (TPSA) is 103 Å². The number of ether oxygens (including phenoxy) is 3. The molecule has 47 heavy (non-hydrogen) atoms. The molecule has 0 bridgehead atoms. The number of nitrogens with one attached hydrogen (secondary N) is 1. The number of hydrogen-bond donors (Lipinski definition) is 1. The zero-order valence-corrected chi connectivity index (χ0v) is 26.8. The van der Waals surface area contributed by atoms with E-state index < -0.39 is 11.6 Å². The van der Waals surface area contributed by atoms with E-state index in [2.05, 4.69) is 36.8 Å². The van der Waals surface area contributed by atoms with Crippen molar-refractivity contribution in [3.05, 3.63) is 82.3 Å². The van der Waals surface area contributed by atoms with Crippen LogP contribution in [-0.2, 0) is 23.6 Å². The summed E-state index contributed by atoms with van der Waals surface area (Å²) >= 11 is 6.00. The molecule has 0 amide bonds. The molecule has 242 valence electrons. The molecule has 0 unspecified atom stereocenters. The normalized spacial score (nSPS) is 23.0. The number of fused-ring (bicyclic) bond motifs is 2. The SMILES string of the molecule is C[C@]1(c2ccc(Cl)cc2F)Oc2cccc(C3CCN(Cc4nc5cc(-c6nnc(C7CC7)[nH]6)cnc5n4C[C@@H]4CCO4)CC3)c2O1. The van der Waals surface area contributed by atoms with E-state index in [-0.39, 0.29) is 12.0 Å². The average molecular weight is 656 g/mol. The van der Waals surface area contributed by atoms with E-state index in [0.29, 0.717) is 28.0 Å². The summed E-state index contributed by atoms with van der Waals surface area (Å²) in [6, 6.07) is 12.6. The van der Waals surface area contributed by atoms with Gasteiger partial charge in [-0.25, -0.2) is 14.4 Å². The van der Waals surface area contributed by atoms with E-state index in [0.717, 1.165) is 91.8 Å². The smallest absolute Gasteiger partial charge is 0.278 e. The summed E-state index contributed by atoms with van der Waals surface area (Å²) in [5, 5.41) is 9.07. The number of nitrogens with zero attached hydrogens (tertiary/aromatic N) is 6. The first-order chi connectivity index (χ1) is 22.9. The van der Waals surface area contributed by atoms with Gasteiger partial charge in [0.1, 0.15) is 23.0 Å². The van der Waals surface area contributed by atoms with Crippen molar-refractivity contribution >= 4 is 22.8 Å². The minimum atomic E-state index is -1.27. The number of halogens is 2. The van der Waals surface area contributed by atoms with Gasteiger partial charge in [0.05, 0.1) is 24.8 Å². The third kappa shape index (κ3) is 5.34. The first-order valence-electron chi connectivity index (χ1n) is 16.5. The maximum Gasteiger partial charge on any atom is 0.278 e. The van der Waals surface area contributed by atoms with E-state index in [1.165, 1.54) is 18.9 Å². The second-order valence-corrected chi connectivity index (χ2v) is 13.8. The predicted molar refractivity (Wildman–Crippen MR) is 173 cm³/mol. The number of hydrogen-bond acceptors (Lipinski definition) is 8. The second kappa shape index (κ2) is 11.3. The highest BCUT2D eigenvalue weighted by atomic mass is 35.5. The van der Waals surface area contributed by atoms with Crippen LogP contribution in [-0.4, -0.2) is 60.4 Å². The van der Waals surface area contributed by atoms with Crippen molar-refractivity contribution in [3.8, 4) is 22.9 Å². The Kier molecular flexibility index (Phi) is 6.99. The summed E-state index contributed by atoms with van der Waals surface area (Å²) in [5.74, 6) is 3.10. The van der Waals surface area contributed by atoms with Crippen LogP contribution in [0.3, 0.4) is 0 Å². The van der Waals surface area contributed by atoms with Crippen molar-refractivity contribution in [1.29, 1.82) is 0 Å². The molecule has 5 aromatic rings. The number of likely N-dealkylation sites (tertiary alicyclic amines) is 1. The van der Waals surface area contributed by atoms with Gasteiger partial charge < -0.3 is 23.8 Å². The third-order valence-corrected chi connectivity index (χ3v) is 10.2. The van der Waals surface area contributed by atoms with E-state index in [4.69, 9.17) is 35.8 Å². The number of aromatic nitrogens is 6. The molecule has 2 saturated heterocycles. The van der Waals surface area contributed by atoms with Crippen LogP contribution < -0.4 is 9.47 Å². The van der Waals surface area contributed by atoms with Crippen LogP contribution in [0.25, 0.3) is 22.6 Å². The van der Waals surface area contributed by atoms with E-state index in [9.17, 15) is 4.39 Å². The van der Waals surface area contributed by atoms with Crippen LogP contribution in [0.5, 0.6) is 11.5 Å². The number of rotatable bonds is 8. The van der Waals surface area contributed by atoms with Crippen molar-refractivity contribution in [1.82, 2.24) is 34.6 Å². The van der Waals surface area contributed by atoms with E-state index in [1.54, 1.807) is 19.1 Å². The molecule has 6 heterocycles. The van der Waals surface area contributed by atoms with Gasteiger partial charge in [0.2, 0.25) is 0 Å². The number of pyridine rings is 1. The maximum absolute atomic E-state index is 14.9. The van der Waals surface area contributed by atoms with Gasteiger partial charge in [0.15, 0.2) is 23.0 Å². The number of piperidine rings is 1. The Hall–Kier alpha value is -4.06. The van der Waals surface area contributed by atoms with Crippen molar-refractivity contribution in [3.63, 3.8) is 0 Å². The van der Waals surface area contributed by atoms with Crippen LogP contribution >= 0.6 is 11.6 Å². The zero-order chi connectivity index (χ0) is 31.7. The fourth-order valence-electron chi connectivity index (χ4n) is 7.12. The molecule has 1 saturated carbocycles. The van der Waals surface area contributed by atoms with Crippen LogP contribution in [0.4, 0.5) is 4.39 Å². The van der Waals surface area contributed by atoms with Crippen molar-refractivity contribution < 1.29 is 18.6 Å². The molecule has 3 aliphatic heterocycles. The van der Waals surface area contributed by atoms with Gasteiger partial charge in [-0.3, -0.25) is 4.90 Å². The van der Waals surface area contributed by atoms with Crippen LogP contribution in [0.1, 0.15) is 73.6 Å². The Morgan fingerprint density at radius 1 is 1.02 bits per heavy atom. The Bertz CT molecular complexity index is 1980. The highest BCUT2D eigenvalue weighted by Crippen LogP contribution is 2.50. The lowest BCUT2D eigenvalue weighted by molar-refractivity contribution is -0.0712. The average Bonchev–Trinajstić information content (AvgIpc) is 3.50. The summed E-state index contributed by atoms with van der Waals surface area (Å²) in [6.45, 7) is 5.83. The number of para-hydroxylation sites is 1. The van der Waals surface area contributed by atoms with E-state index in [1.807, 2.05) is 18.3 Å². The highest BCUT2D eigenvalue weighted by Gasteiger charge is 2.43. The minimum Gasteiger partial charge on any atom is -0.444 e. The molecule has 12 heteroatoms. The second-order valence-electron chi connectivity index (χ2n) is 13.3. The Morgan fingerprint density at radius 2 is 1.87 bits per heavy atom. The Labute approximate surface area is 276 Å². The molecular weight excluding hydrogens is 621 g/mol. The van der Waals surface area contributed by atoms with Gasteiger partial charge in [-0.1, -0.05) is 23.7 Å². The summed E-state index contributed by atoms with van der Waals surface area (Å²) < 4.78 is 35.6. The largest absolute Gasteiger partial charge is 0.444 e. The van der Waals surface area contributed by atoms with Crippen molar-refractivity contribution in [2.24, 2.45) is 0 Å². The van der Waals surface area contributed by atoms with Gasteiger partial charge in [0, 0.05) is 41.8 Å². The number of imidazole rings is 1. The first kappa shape index (κ1) is 29.1. The molecule has 1 N–H and O–H groups in total. The monoisotopic (exact) mass is 655 g/mol. The fraction of sp³-hybridized carbons (Fsp3) is 0.429. The summed E-state index contributed by atoms with van der Waals surface area (Å²) in [7, 11) is 0. The van der Waals surface area contributed by atoms with Gasteiger partial charge in [0.25, 0.3) is 5.79 Å². The van der Waals surface area contributed by atoms with Gasteiger partial charge in [-0.15, -0.1) is 10.2 Å². The summed E-state index contributed by atoms with van der Waals surface area (Å²) in [5.41, 5.74) is 4.04. The maximum atomic E-state index is 14.9. The predicted octanol–water partition coefficient (Wildman–Crippen LogP) is 6.70. The Morgan fingerprint density at radius 3 is 2.64 bits per heavy atom. The number of benzene rings is 2. The van der Waals surface area contributed by atoms with Crippen molar-refractivity contribution in [2.75, 3.05) is 19.7 Å². The molecule has 4 aliphatic rings. The molecule has 9 rings (SSSR count). The molecule has 1 aliphatic carbocycles. The van der Waals surface area contributed by atoms with Gasteiger partial charge in [-0.05, 0) is 81.4 Å². The summed E-state index contributed by atoms with van der Waals surface area (Å²) in [4.78, 5) is 15.8. The van der Waals surface area contributed by atoms with Gasteiger partial charge >= 0.3 is 0 Å². The molecule has 2 aromatic carbocycles. The van der Waals surface area contributed by atoms with Crippen LogP contribution in [0.2, 0.25) is 5.02 Å². The molecule has 2 atom stereocenters. The number of aromatic amines is 1. The third-order valence-electron chi connectivity index (χ3n) is 10.0. The minimum absolute atomic E-state index is 0.183. The van der Waals surface area contributed by atoms with Crippen LogP contribution in [0.15, 0.2) is 48.7 Å². The fourth-order valence-corrected chi connectivity index (χ4v) is 7.28. The standard InChI is InChI=1S/C35H35ClFN7O3/c1-35(26-8-7-23(36)16-27(26)37)46-29-4-2-3-25(31(29)47-35)20-9-12-43(13-10-20)19-30-39-28-15-22(33-40-32(41-42-33)21-5-6-21)17-38-34(28)44(30)18-24-11-14-45-24/h2-4,7-8,15-17,20-21,24H,5-6,9-14,18-19H2,1H3,(H,40,41,42)/t24-,35-/m0/s1. The number of H-pyrrole nitrogens is 1. The van der Waals surface area contributed by atoms with Gasteiger partial charge in [-0.2, -0.15) is 0 Å². The molecule has 0 radical (unpaired) electrons.